The Kier molecular flexibility index (Phi) is 5.63. The van der Waals surface area contributed by atoms with Gasteiger partial charge in [-0.1, -0.05) is 24.0 Å². The minimum atomic E-state index is 0.0905. The third kappa shape index (κ3) is 4.75. The number of rotatable bonds is 5. The van der Waals surface area contributed by atoms with Crippen molar-refractivity contribution in [2.45, 2.75) is 12.8 Å². The van der Waals surface area contributed by atoms with Gasteiger partial charge in [0.2, 0.25) is 0 Å². The molecule has 1 aromatic heterocycles. The fourth-order valence-corrected chi connectivity index (χ4v) is 1.70. The molecule has 3 heteroatoms. The van der Waals surface area contributed by atoms with E-state index in [2.05, 4.69) is 16.8 Å². The van der Waals surface area contributed by atoms with Gasteiger partial charge in [-0.15, -0.1) is 0 Å². The van der Waals surface area contributed by atoms with Gasteiger partial charge in [0.1, 0.15) is 5.75 Å². The lowest BCUT2D eigenvalue weighted by Gasteiger charge is -2.06. The zero-order chi connectivity index (χ0) is 14.0. The second kappa shape index (κ2) is 7.98. The number of pyridine rings is 1. The maximum atomic E-state index is 8.69. The molecule has 0 amide bonds. The van der Waals surface area contributed by atoms with Gasteiger partial charge >= 0.3 is 0 Å². The molecule has 102 valence electrons. The SMILES string of the molecule is OCCC#Cc1cccc(OCCc2ccccn2)c1. The summed E-state index contributed by atoms with van der Waals surface area (Å²) >= 11 is 0. The predicted molar refractivity (Wildman–Crippen MR) is 78.5 cm³/mol. The Hall–Kier alpha value is -2.31. The molecule has 0 aliphatic carbocycles. The molecule has 0 saturated carbocycles. The van der Waals surface area contributed by atoms with E-state index < -0.39 is 0 Å². The number of hydrogen-bond acceptors (Lipinski definition) is 3. The third-order valence-electron chi connectivity index (χ3n) is 2.66. The molecule has 0 bridgehead atoms. The summed E-state index contributed by atoms with van der Waals surface area (Å²) < 4.78 is 5.70. The van der Waals surface area contributed by atoms with E-state index in [4.69, 9.17) is 9.84 Å². The maximum Gasteiger partial charge on any atom is 0.120 e. The summed E-state index contributed by atoms with van der Waals surface area (Å²) in [6, 6.07) is 13.5. The number of aliphatic hydroxyl groups is 1. The molecule has 2 rings (SSSR count). The molecule has 1 aromatic carbocycles. The minimum Gasteiger partial charge on any atom is -0.493 e. The van der Waals surface area contributed by atoms with Crippen LogP contribution in [0.5, 0.6) is 5.75 Å². The van der Waals surface area contributed by atoms with Crippen molar-refractivity contribution < 1.29 is 9.84 Å². The van der Waals surface area contributed by atoms with E-state index in [1.807, 2.05) is 42.5 Å². The number of benzene rings is 1. The largest absolute Gasteiger partial charge is 0.493 e. The zero-order valence-electron chi connectivity index (χ0n) is 11.2. The molecule has 0 aliphatic rings. The van der Waals surface area contributed by atoms with Gasteiger partial charge in [-0.25, -0.2) is 0 Å². The average Bonchev–Trinajstić information content (AvgIpc) is 2.49. The lowest BCUT2D eigenvalue weighted by Crippen LogP contribution is -2.02. The van der Waals surface area contributed by atoms with Crippen molar-refractivity contribution in [1.29, 1.82) is 0 Å². The van der Waals surface area contributed by atoms with E-state index in [-0.39, 0.29) is 6.61 Å². The van der Waals surface area contributed by atoms with Crippen LogP contribution < -0.4 is 4.74 Å². The molecule has 0 fully saturated rings. The first-order valence-corrected chi connectivity index (χ1v) is 6.61. The van der Waals surface area contributed by atoms with Crippen molar-refractivity contribution in [2.24, 2.45) is 0 Å². The molecule has 2 aromatic rings. The van der Waals surface area contributed by atoms with E-state index in [1.165, 1.54) is 0 Å². The van der Waals surface area contributed by atoms with Gasteiger partial charge in [0.15, 0.2) is 0 Å². The second-order valence-corrected chi connectivity index (χ2v) is 4.22. The summed E-state index contributed by atoms with van der Waals surface area (Å²) in [5, 5.41) is 8.69. The van der Waals surface area contributed by atoms with Crippen LogP contribution in [0.1, 0.15) is 17.7 Å². The van der Waals surface area contributed by atoms with Crippen molar-refractivity contribution in [1.82, 2.24) is 4.98 Å². The summed E-state index contributed by atoms with van der Waals surface area (Å²) in [4.78, 5) is 4.25. The summed E-state index contributed by atoms with van der Waals surface area (Å²) in [6.45, 7) is 0.678. The van der Waals surface area contributed by atoms with Crippen LogP contribution in [-0.4, -0.2) is 23.3 Å². The molecule has 0 radical (unpaired) electrons. The van der Waals surface area contributed by atoms with Gasteiger partial charge in [0, 0.05) is 30.3 Å². The van der Waals surface area contributed by atoms with Gasteiger partial charge in [0.25, 0.3) is 0 Å². The predicted octanol–water partition coefficient (Wildman–Crippen LogP) is 2.44. The van der Waals surface area contributed by atoms with Crippen molar-refractivity contribution in [3.8, 4) is 17.6 Å². The molecule has 3 nitrogen and oxygen atoms in total. The first-order chi connectivity index (χ1) is 9.88. The fourth-order valence-electron chi connectivity index (χ4n) is 1.70. The Balaban J connectivity index is 1.87. The molecule has 0 saturated heterocycles. The van der Waals surface area contributed by atoms with Crippen molar-refractivity contribution in [3.63, 3.8) is 0 Å². The minimum absolute atomic E-state index is 0.0905. The quantitative estimate of drug-likeness (QED) is 0.846. The van der Waals surface area contributed by atoms with Crippen LogP contribution in [0.4, 0.5) is 0 Å². The van der Waals surface area contributed by atoms with Gasteiger partial charge in [-0.05, 0) is 30.3 Å². The highest BCUT2D eigenvalue weighted by molar-refractivity contribution is 5.39. The Morgan fingerprint density at radius 3 is 2.90 bits per heavy atom. The van der Waals surface area contributed by atoms with Gasteiger partial charge in [0.05, 0.1) is 13.2 Å². The topological polar surface area (TPSA) is 42.4 Å². The summed E-state index contributed by atoms with van der Waals surface area (Å²) in [6.07, 6.45) is 3.05. The van der Waals surface area contributed by atoms with Crippen LogP contribution in [0.2, 0.25) is 0 Å². The fraction of sp³-hybridized carbons (Fsp3) is 0.235. The molecule has 1 N–H and O–H groups in total. The molecule has 0 atom stereocenters. The number of aliphatic hydroxyl groups excluding tert-OH is 1. The standard InChI is InChI=1S/C17H17NO2/c19-12-4-2-6-15-7-5-9-17(14-15)20-13-10-16-8-1-3-11-18-16/h1,3,5,7-9,11,14,19H,4,10,12-13H2. The molecular weight excluding hydrogens is 250 g/mol. The number of nitrogens with zero attached hydrogens (tertiary/aromatic N) is 1. The lowest BCUT2D eigenvalue weighted by atomic mass is 10.2. The summed E-state index contributed by atoms with van der Waals surface area (Å²) in [7, 11) is 0. The average molecular weight is 267 g/mol. The molecule has 0 unspecified atom stereocenters. The van der Waals surface area contributed by atoms with E-state index in [9.17, 15) is 0 Å². The van der Waals surface area contributed by atoms with E-state index >= 15 is 0 Å². The van der Waals surface area contributed by atoms with E-state index in [0.29, 0.717) is 13.0 Å². The summed E-state index contributed by atoms with van der Waals surface area (Å²) in [5.41, 5.74) is 1.92. The monoisotopic (exact) mass is 267 g/mol. The Morgan fingerprint density at radius 1 is 1.15 bits per heavy atom. The molecule has 1 heterocycles. The molecule has 0 aliphatic heterocycles. The van der Waals surface area contributed by atoms with Crippen molar-refractivity contribution >= 4 is 0 Å². The van der Waals surface area contributed by atoms with Crippen LogP contribution in [0, 0.1) is 11.8 Å². The highest BCUT2D eigenvalue weighted by atomic mass is 16.5. The van der Waals surface area contributed by atoms with E-state index in [1.54, 1.807) is 6.20 Å². The number of aromatic nitrogens is 1. The highest BCUT2D eigenvalue weighted by Crippen LogP contribution is 2.13. The highest BCUT2D eigenvalue weighted by Gasteiger charge is 1.97. The van der Waals surface area contributed by atoms with Crippen LogP contribution in [0.25, 0.3) is 0 Å². The van der Waals surface area contributed by atoms with Crippen LogP contribution in [0.3, 0.4) is 0 Å². The van der Waals surface area contributed by atoms with Crippen LogP contribution in [0.15, 0.2) is 48.7 Å². The maximum absolute atomic E-state index is 8.69. The molecule has 0 spiro atoms. The first kappa shape index (κ1) is 14.1. The second-order valence-electron chi connectivity index (χ2n) is 4.22. The Morgan fingerprint density at radius 2 is 2.10 bits per heavy atom. The van der Waals surface area contributed by atoms with Crippen molar-refractivity contribution in [2.75, 3.05) is 13.2 Å². The van der Waals surface area contributed by atoms with Crippen molar-refractivity contribution in [3.05, 3.63) is 59.9 Å². The smallest absolute Gasteiger partial charge is 0.120 e. The Labute approximate surface area is 119 Å². The van der Waals surface area contributed by atoms with Gasteiger partial charge in [-0.3, -0.25) is 4.98 Å². The third-order valence-corrected chi connectivity index (χ3v) is 2.66. The van der Waals surface area contributed by atoms with Gasteiger partial charge < -0.3 is 9.84 Å². The lowest BCUT2D eigenvalue weighted by molar-refractivity contribution is 0.305. The Bertz CT molecular complexity index is 585. The van der Waals surface area contributed by atoms with Crippen LogP contribution >= 0.6 is 0 Å². The zero-order valence-corrected chi connectivity index (χ0v) is 11.2. The number of hydrogen-bond donors (Lipinski definition) is 1. The van der Waals surface area contributed by atoms with E-state index in [0.717, 1.165) is 23.4 Å². The normalized spacial score (nSPS) is 9.65. The molecule has 20 heavy (non-hydrogen) atoms. The van der Waals surface area contributed by atoms with Crippen LogP contribution in [-0.2, 0) is 6.42 Å². The van der Waals surface area contributed by atoms with Gasteiger partial charge in [-0.2, -0.15) is 0 Å². The first-order valence-electron chi connectivity index (χ1n) is 6.61. The molecular formula is C17H17NO2. The number of ether oxygens (including phenoxy) is 1. The summed E-state index contributed by atoms with van der Waals surface area (Å²) in [5.74, 6) is 6.69.